The summed E-state index contributed by atoms with van der Waals surface area (Å²) in [6, 6.07) is 18.6. The number of alkyl halides is 1. The molecule has 1 unspecified atom stereocenters. The van der Waals surface area contributed by atoms with Crippen molar-refractivity contribution in [2.24, 2.45) is 4.99 Å². The molecule has 0 aliphatic carbocycles. The Bertz CT molecular complexity index is 878. The van der Waals surface area contributed by atoms with Crippen molar-refractivity contribution in [3.05, 3.63) is 78.5 Å². The first kappa shape index (κ1) is 21.2. The van der Waals surface area contributed by atoms with Crippen LogP contribution in [0.4, 0.5) is 5.69 Å². The van der Waals surface area contributed by atoms with Crippen LogP contribution in [0.15, 0.2) is 77.9 Å². The zero-order valence-electron chi connectivity index (χ0n) is 16.6. The highest BCUT2D eigenvalue weighted by molar-refractivity contribution is 6.48. The molecule has 1 heterocycles. The minimum atomic E-state index is -1.38. The van der Waals surface area contributed by atoms with E-state index in [1.165, 1.54) is 0 Å². The maximum absolute atomic E-state index is 13.0. The molecular formula is C23H25ClN2O3. The minimum Gasteiger partial charge on any atom is -0.333 e. The fourth-order valence-corrected chi connectivity index (χ4v) is 3.63. The second-order valence-corrected chi connectivity index (χ2v) is 7.27. The molecule has 1 N–H and O–H groups in total. The summed E-state index contributed by atoms with van der Waals surface area (Å²) in [5.41, 5.74) is 1.71. The van der Waals surface area contributed by atoms with Crippen LogP contribution in [0.1, 0.15) is 30.6 Å². The predicted octanol–water partition coefficient (Wildman–Crippen LogP) is 5.04. The second-order valence-electron chi connectivity index (χ2n) is 6.60. The lowest BCUT2D eigenvalue weighted by Crippen LogP contribution is -2.60. The molecule has 1 atom stereocenters. The molecule has 152 valence electrons. The van der Waals surface area contributed by atoms with E-state index in [1.54, 1.807) is 24.4 Å². The number of anilines is 1. The highest BCUT2D eigenvalue weighted by atomic mass is 35.5. The Hall–Kier alpha value is -2.47. The highest BCUT2D eigenvalue weighted by Crippen LogP contribution is 2.41. The van der Waals surface area contributed by atoms with Gasteiger partial charge in [-0.25, -0.2) is 0 Å². The third kappa shape index (κ3) is 4.58. The molecule has 1 aliphatic rings. The molecule has 1 aliphatic heterocycles. The van der Waals surface area contributed by atoms with Gasteiger partial charge in [0.25, 0.3) is 5.91 Å². The minimum absolute atomic E-state index is 0.151. The number of nitrogens with one attached hydrogen (secondary N) is 1. The number of carbonyl (C=O) groups is 1. The summed E-state index contributed by atoms with van der Waals surface area (Å²) >= 11 is 7.10. The summed E-state index contributed by atoms with van der Waals surface area (Å²) < 4.78 is 12.1. The number of ketones is 1. The first-order valence-corrected chi connectivity index (χ1v) is 10.1. The summed E-state index contributed by atoms with van der Waals surface area (Å²) in [6.07, 6.45) is 3.42. The van der Waals surface area contributed by atoms with E-state index in [0.717, 1.165) is 5.69 Å². The zero-order chi connectivity index (χ0) is 20.7. The lowest BCUT2D eigenvalue weighted by atomic mass is 9.90. The van der Waals surface area contributed by atoms with Crippen LogP contribution in [0.2, 0.25) is 0 Å². The predicted molar refractivity (Wildman–Crippen MR) is 117 cm³/mol. The SMILES string of the molecule is CCOC(Nc1ccccc1)(OCC)C1(Cl)C=CN=C(C(=O)c2ccccc2)C1. The maximum Gasteiger partial charge on any atom is 0.273 e. The van der Waals surface area contributed by atoms with E-state index >= 15 is 0 Å². The molecule has 5 nitrogen and oxygen atoms in total. The van der Waals surface area contributed by atoms with Crippen molar-refractivity contribution in [3.63, 3.8) is 0 Å². The van der Waals surface area contributed by atoms with Crippen LogP contribution < -0.4 is 5.32 Å². The molecule has 0 bridgehead atoms. The van der Waals surface area contributed by atoms with Gasteiger partial charge in [-0.3, -0.25) is 9.79 Å². The van der Waals surface area contributed by atoms with Crippen LogP contribution in [0.3, 0.4) is 0 Å². The van der Waals surface area contributed by atoms with Gasteiger partial charge in [0.15, 0.2) is 0 Å². The number of aliphatic imine (C=N–C) groups is 1. The Morgan fingerprint density at radius 3 is 2.24 bits per heavy atom. The number of carbonyl (C=O) groups excluding carboxylic acids is 1. The molecule has 29 heavy (non-hydrogen) atoms. The molecule has 0 fully saturated rings. The van der Waals surface area contributed by atoms with E-state index in [-0.39, 0.29) is 12.2 Å². The highest BCUT2D eigenvalue weighted by Gasteiger charge is 2.54. The first-order valence-electron chi connectivity index (χ1n) is 9.68. The zero-order valence-corrected chi connectivity index (χ0v) is 17.4. The molecule has 0 spiro atoms. The van der Waals surface area contributed by atoms with E-state index in [1.807, 2.05) is 62.4 Å². The number of Topliss-reactive ketones (excluding diaryl/α,β-unsaturated/α-hetero) is 1. The second kappa shape index (κ2) is 9.35. The van der Waals surface area contributed by atoms with Crippen molar-refractivity contribution in [2.45, 2.75) is 31.1 Å². The van der Waals surface area contributed by atoms with Crippen molar-refractivity contribution >= 4 is 28.8 Å². The van der Waals surface area contributed by atoms with Crippen LogP contribution in [-0.4, -0.2) is 35.5 Å². The van der Waals surface area contributed by atoms with Crippen LogP contribution in [0.25, 0.3) is 0 Å². The number of halogens is 1. The number of ether oxygens (including phenoxy) is 2. The average molecular weight is 413 g/mol. The molecule has 2 aromatic rings. The average Bonchev–Trinajstić information content (AvgIpc) is 2.75. The maximum atomic E-state index is 13.0. The summed E-state index contributed by atoms with van der Waals surface area (Å²) in [5, 5.41) is 3.31. The van der Waals surface area contributed by atoms with Gasteiger partial charge in [-0.15, -0.1) is 11.6 Å². The quantitative estimate of drug-likeness (QED) is 0.356. The van der Waals surface area contributed by atoms with Crippen molar-refractivity contribution in [2.75, 3.05) is 18.5 Å². The molecule has 0 saturated heterocycles. The number of benzene rings is 2. The standard InChI is InChI=1S/C23H25ClN2O3/c1-3-28-23(29-4-2,26-19-13-9-6-10-14-19)22(24)15-16-25-20(17-22)21(27)18-11-7-5-8-12-18/h5-16,26H,3-4,17H2,1-2H3. The van der Waals surface area contributed by atoms with Gasteiger partial charge in [-0.1, -0.05) is 48.5 Å². The Balaban J connectivity index is 1.95. The monoisotopic (exact) mass is 412 g/mol. The van der Waals surface area contributed by atoms with Gasteiger partial charge in [0, 0.05) is 37.1 Å². The number of rotatable bonds is 9. The van der Waals surface area contributed by atoms with Gasteiger partial charge in [0.2, 0.25) is 5.78 Å². The normalized spacial score (nSPS) is 18.9. The topological polar surface area (TPSA) is 59.9 Å². The first-order chi connectivity index (χ1) is 14.0. The summed E-state index contributed by atoms with van der Waals surface area (Å²) in [4.78, 5) is 16.1. The number of para-hydroxylation sites is 1. The van der Waals surface area contributed by atoms with Gasteiger partial charge in [0.05, 0.1) is 5.71 Å². The summed E-state index contributed by atoms with van der Waals surface area (Å²) in [6.45, 7) is 4.47. The Kier molecular flexibility index (Phi) is 6.85. The van der Waals surface area contributed by atoms with E-state index in [4.69, 9.17) is 21.1 Å². The van der Waals surface area contributed by atoms with E-state index in [2.05, 4.69) is 10.3 Å². The van der Waals surface area contributed by atoms with E-state index < -0.39 is 10.8 Å². The van der Waals surface area contributed by atoms with Crippen molar-refractivity contribution < 1.29 is 14.3 Å². The molecule has 0 radical (unpaired) electrons. The molecule has 6 heteroatoms. The van der Waals surface area contributed by atoms with Gasteiger partial charge < -0.3 is 14.8 Å². The molecule has 0 amide bonds. The lowest BCUT2D eigenvalue weighted by Gasteiger charge is -2.45. The summed E-state index contributed by atoms with van der Waals surface area (Å²) in [5.74, 6) is -1.55. The van der Waals surface area contributed by atoms with E-state index in [0.29, 0.717) is 24.5 Å². The fourth-order valence-electron chi connectivity index (χ4n) is 3.29. The van der Waals surface area contributed by atoms with Gasteiger partial charge in [0.1, 0.15) is 4.87 Å². The fraction of sp³-hybridized carbons (Fsp3) is 0.304. The van der Waals surface area contributed by atoms with Crippen LogP contribution >= 0.6 is 11.6 Å². The molecule has 0 aromatic heterocycles. The smallest absolute Gasteiger partial charge is 0.273 e. The number of hydrogen-bond donors (Lipinski definition) is 1. The van der Waals surface area contributed by atoms with Crippen molar-refractivity contribution in [3.8, 4) is 0 Å². The van der Waals surface area contributed by atoms with Gasteiger partial charge in [-0.2, -0.15) is 0 Å². The van der Waals surface area contributed by atoms with Crippen LogP contribution in [-0.2, 0) is 9.47 Å². The van der Waals surface area contributed by atoms with Gasteiger partial charge in [-0.05, 0) is 32.1 Å². The largest absolute Gasteiger partial charge is 0.333 e. The van der Waals surface area contributed by atoms with Crippen molar-refractivity contribution in [1.29, 1.82) is 0 Å². The molecule has 3 rings (SSSR count). The Morgan fingerprint density at radius 2 is 1.66 bits per heavy atom. The van der Waals surface area contributed by atoms with Gasteiger partial charge >= 0.3 is 0 Å². The number of nitrogens with zero attached hydrogens (tertiary/aromatic N) is 1. The van der Waals surface area contributed by atoms with Crippen molar-refractivity contribution in [1.82, 2.24) is 0 Å². The molecule has 0 saturated carbocycles. The van der Waals surface area contributed by atoms with E-state index in [9.17, 15) is 4.79 Å². The third-order valence-corrected chi connectivity index (χ3v) is 5.13. The third-order valence-electron chi connectivity index (χ3n) is 4.62. The molecule has 2 aromatic carbocycles. The Morgan fingerprint density at radius 1 is 1.07 bits per heavy atom. The van der Waals surface area contributed by atoms with Crippen LogP contribution in [0.5, 0.6) is 0 Å². The lowest BCUT2D eigenvalue weighted by molar-refractivity contribution is -0.226. The Labute approximate surface area is 176 Å². The summed E-state index contributed by atoms with van der Waals surface area (Å²) in [7, 11) is 0. The van der Waals surface area contributed by atoms with Crippen LogP contribution in [0, 0.1) is 0 Å². The molecular weight excluding hydrogens is 388 g/mol. The number of hydrogen-bond acceptors (Lipinski definition) is 5.